The molecule has 0 spiro atoms. The molecular weight excluding hydrogens is 262 g/mol. The normalized spacial score (nSPS) is 19.7. The van der Waals surface area contributed by atoms with Gasteiger partial charge in [-0.1, -0.05) is 33.6 Å². The van der Waals surface area contributed by atoms with Crippen LogP contribution in [0.1, 0.15) is 71.0 Å². The average molecular weight is 293 g/mol. The van der Waals surface area contributed by atoms with Crippen LogP contribution in [0.3, 0.4) is 0 Å². The minimum absolute atomic E-state index is 0.294. The van der Waals surface area contributed by atoms with Gasteiger partial charge in [-0.3, -0.25) is 5.10 Å². The largest absolute Gasteiger partial charge is 0.340 e. The molecule has 0 radical (unpaired) electrons. The fraction of sp³-hybridized carbons (Fsp3) is 0.875. The van der Waals surface area contributed by atoms with Crippen LogP contribution in [0.5, 0.6) is 0 Å². The van der Waals surface area contributed by atoms with Gasteiger partial charge in [-0.2, -0.15) is 4.98 Å². The Morgan fingerprint density at radius 1 is 1.33 bits per heavy atom. The molecule has 0 aromatic carbocycles. The van der Waals surface area contributed by atoms with Crippen LogP contribution in [-0.2, 0) is 0 Å². The lowest BCUT2D eigenvalue weighted by Gasteiger charge is -2.38. The fourth-order valence-electron chi connectivity index (χ4n) is 3.02. The Morgan fingerprint density at radius 3 is 2.62 bits per heavy atom. The van der Waals surface area contributed by atoms with Gasteiger partial charge in [0.1, 0.15) is 5.82 Å². The lowest BCUT2D eigenvalue weighted by molar-refractivity contribution is 0.257. The van der Waals surface area contributed by atoms with Crippen molar-refractivity contribution in [3.63, 3.8) is 0 Å². The first-order chi connectivity index (χ1) is 10.1. The maximum atomic E-state index is 5.87. The molecule has 1 aromatic heterocycles. The van der Waals surface area contributed by atoms with Crippen molar-refractivity contribution >= 4 is 5.95 Å². The molecule has 0 saturated carbocycles. The standard InChI is InChI=1S/C16H31N5/c1-4-6-7-13(5-2)14-18-15(20-19-14)21-10-8-16(3,12-17)9-11-21/h13H,4-12,17H2,1-3H3,(H,18,19,20). The number of nitrogens with zero attached hydrogens (tertiary/aromatic N) is 3. The Hall–Kier alpha value is -1.10. The highest BCUT2D eigenvalue weighted by atomic mass is 15.4. The topological polar surface area (TPSA) is 70.8 Å². The van der Waals surface area contributed by atoms with Crippen molar-refractivity contribution in [2.75, 3.05) is 24.5 Å². The van der Waals surface area contributed by atoms with E-state index in [0.29, 0.717) is 11.3 Å². The zero-order valence-electron chi connectivity index (χ0n) is 13.9. The van der Waals surface area contributed by atoms with E-state index in [0.717, 1.165) is 50.7 Å². The van der Waals surface area contributed by atoms with E-state index in [-0.39, 0.29) is 0 Å². The summed E-state index contributed by atoms with van der Waals surface area (Å²) in [6.45, 7) is 9.55. The number of piperidine rings is 1. The molecule has 0 bridgehead atoms. The number of H-pyrrole nitrogens is 1. The number of aromatic nitrogens is 3. The fourth-order valence-corrected chi connectivity index (χ4v) is 3.02. The monoisotopic (exact) mass is 293 g/mol. The second-order valence-corrected chi connectivity index (χ2v) is 6.77. The number of hydrogen-bond donors (Lipinski definition) is 2. The number of nitrogens with one attached hydrogen (secondary N) is 1. The van der Waals surface area contributed by atoms with Crippen molar-refractivity contribution in [2.24, 2.45) is 11.1 Å². The van der Waals surface area contributed by atoms with Crippen molar-refractivity contribution < 1.29 is 0 Å². The molecular formula is C16H31N5. The quantitative estimate of drug-likeness (QED) is 0.810. The number of hydrogen-bond acceptors (Lipinski definition) is 4. The minimum Gasteiger partial charge on any atom is -0.340 e. The molecule has 1 unspecified atom stereocenters. The van der Waals surface area contributed by atoms with Gasteiger partial charge in [-0.05, 0) is 37.6 Å². The van der Waals surface area contributed by atoms with Gasteiger partial charge in [0.2, 0.25) is 5.95 Å². The van der Waals surface area contributed by atoms with Crippen molar-refractivity contribution in [1.82, 2.24) is 15.2 Å². The van der Waals surface area contributed by atoms with E-state index in [2.05, 4.69) is 35.9 Å². The summed E-state index contributed by atoms with van der Waals surface area (Å²) in [6, 6.07) is 0. The third-order valence-corrected chi connectivity index (χ3v) is 5.02. The highest BCUT2D eigenvalue weighted by Crippen LogP contribution is 2.31. The molecule has 1 aromatic rings. The van der Waals surface area contributed by atoms with E-state index in [4.69, 9.17) is 10.7 Å². The Bertz CT molecular complexity index is 420. The molecule has 0 aliphatic carbocycles. The molecule has 1 aliphatic heterocycles. The van der Waals surface area contributed by atoms with Crippen LogP contribution >= 0.6 is 0 Å². The molecule has 1 fully saturated rings. The number of rotatable bonds is 7. The second-order valence-electron chi connectivity index (χ2n) is 6.77. The van der Waals surface area contributed by atoms with E-state index in [9.17, 15) is 0 Å². The first-order valence-electron chi connectivity index (χ1n) is 8.49. The van der Waals surface area contributed by atoms with Crippen LogP contribution in [0, 0.1) is 5.41 Å². The highest BCUT2D eigenvalue weighted by molar-refractivity contribution is 5.30. The van der Waals surface area contributed by atoms with Gasteiger partial charge in [0.15, 0.2) is 0 Å². The van der Waals surface area contributed by atoms with Gasteiger partial charge in [-0.25, -0.2) is 0 Å². The number of unbranched alkanes of at least 4 members (excludes halogenated alkanes) is 1. The number of anilines is 1. The summed E-state index contributed by atoms with van der Waals surface area (Å²) in [5.41, 5.74) is 6.17. The number of aromatic amines is 1. The highest BCUT2D eigenvalue weighted by Gasteiger charge is 2.30. The summed E-state index contributed by atoms with van der Waals surface area (Å²) in [5, 5.41) is 7.62. The Balaban J connectivity index is 1.97. The predicted octanol–water partition coefficient (Wildman–Crippen LogP) is 3.05. The lowest BCUT2D eigenvalue weighted by Crippen LogP contribution is -2.42. The molecule has 1 atom stereocenters. The maximum absolute atomic E-state index is 5.87. The Labute approximate surface area is 128 Å². The van der Waals surface area contributed by atoms with Gasteiger partial charge in [0, 0.05) is 19.0 Å². The summed E-state index contributed by atoms with van der Waals surface area (Å²) in [6.07, 6.45) is 7.07. The average Bonchev–Trinajstić information content (AvgIpc) is 2.99. The van der Waals surface area contributed by atoms with Crippen molar-refractivity contribution in [1.29, 1.82) is 0 Å². The van der Waals surface area contributed by atoms with Gasteiger partial charge >= 0.3 is 0 Å². The van der Waals surface area contributed by atoms with Crippen LogP contribution in [0.25, 0.3) is 0 Å². The first-order valence-corrected chi connectivity index (χ1v) is 8.49. The predicted molar refractivity (Wildman–Crippen MR) is 87.5 cm³/mol. The van der Waals surface area contributed by atoms with Crippen LogP contribution < -0.4 is 10.6 Å². The molecule has 1 saturated heterocycles. The van der Waals surface area contributed by atoms with E-state index in [1.165, 1.54) is 19.3 Å². The SMILES string of the molecule is CCCCC(CC)c1nc(N2CCC(C)(CN)CC2)n[nH]1. The third kappa shape index (κ3) is 3.96. The summed E-state index contributed by atoms with van der Waals surface area (Å²) < 4.78 is 0. The molecule has 0 amide bonds. The summed E-state index contributed by atoms with van der Waals surface area (Å²) in [7, 11) is 0. The molecule has 5 heteroatoms. The molecule has 3 N–H and O–H groups in total. The molecule has 120 valence electrons. The lowest BCUT2D eigenvalue weighted by atomic mass is 9.81. The van der Waals surface area contributed by atoms with Crippen LogP contribution in [0.4, 0.5) is 5.95 Å². The van der Waals surface area contributed by atoms with Crippen molar-refractivity contribution in [2.45, 2.75) is 65.2 Å². The molecule has 2 rings (SSSR count). The molecule has 2 heterocycles. The second kappa shape index (κ2) is 7.25. The third-order valence-electron chi connectivity index (χ3n) is 5.02. The van der Waals surface area contributed by atoms with Crippen LogP contribution in [-0.4, -0.2) is 34.8 Å². The van der Waals surface area contributed by atoms with Gasteiger partial charge < -0.3 is 10.6 Å². The van der Waals surface area contributed by atoms with Crippen LogP contribution in [0.2, 0.25) is 0 Å². The summed E-state index contributed by atoms with van der Waals surface area (Å²) in [5.74, 6) is 2.46. The summed E-state index contributed by atoms with van der Waals surface area (Å²) in [4.78, 5) is 7.06. The van der Waals surface area contributed by atoms with E-state index < -0.39 is 0 Å². The zero-order chi connectivity index (χ0) is 15.3. The Kier molecular flexibility index (Phi) is 5.62. The van der Waals surface area contributed by atoms with Crippen molar-refractivity contribution in [3.8, 4) is 0 Å². The molecule has 21 heavy (non-hydrogen) atoms. The van der Waals surface area contributed by atoms with Gasteiger partial charge in [0.05, 0.1) is 0 Å². The smallest absolute Gasteiger partial charge is 0.244 e. The van der Waals surface area contributed by atoms with Gasteiger partial charge in [-0.15, -0.1) is 5.10 Å². The summed E-state index contributed by atoms with van der Waals surface area (Å²) >= 11 is 0. The van der Waals surface area contributed by atoms with E-state index >= 15 is 0 Å². The number of nitrogens with two attached hydrogens (primary N) is 1. The zero-order valence-corrected chi connectivity index (χ0v) is 13.9. The first kappa shape index (κ1) is 16.3. The molecule has 5 nitrogen and oxygen atoms in total. The van der Waals surface area contributed by atoms with Gasteiger partial charge in [0.25, 0.3) is 0 Å². The minimum atomic E-state index is 0.294. The molecule has 1 aliphatic rings. The Morgan fingerprint density at radius 2 is 2.05 bits per heavy atom. The van der Waals surface area contributed by atoms with E-state index in [1.807, 2.05) is 0 Å². The van der Waals surface area contributed by atoms with Crippen LogP contribution in [0.15, 0.2) is 0 Å². The van der Waals surface area contributed by atoms with Crippen molar-refractivity contribution in [3.05, 3.63) is 5.82 Å². The maximum Gasteiger partial charge on any atom is 0.244 e. The van der Waals surface area contributed by atoms with E-state index in [1.54, 1.807) is 0 Å².